The van der Waals surface area contributed by atoms with Crippen LogP contribution in [0.25, 0.3) is 0 Å². The van der Waals surface area contributed by atoms with Crippen molar-refractivity contribution >= 4 is 21.7 Å². The van der Waals surface area contributed by atoms with E-state index in [0.29, 0.717) is 23.7 Å². The van der Waals surface area contributed by atoms with Gasteiger partial charge in [-0.05, 0) is 24.5 Å². The Morgan fingerprint density at radius 1 is 1.41 bits per heavy atom. The summed E-state index contributed by atoms with van der Waals surface area (Å²) < 4.78 is 0. The summed E-state index contributed by atoms with van der Waals surface area (Å²) in [6, 6.07) is 7.15. The van der Waals surface area contributed by atoms with Gasteiger partial charge < -0.3 is 10.2 Å². The SMILES string of the molecule is CC(=O)Cc1cccc(C(O)C(O)CCBr)c1. The molecule has 0 bridgehead atoms. The molecule has 1 aromatic carbocycles. The maximum Gasteiger partial charge on any atom is 0.134 e. The fraction of sp³-hybridized carbons (Fsp3) is 0.462. The highest BCUT2D eigenvalue weighted by Crippen LogP contribution is 2.20. The summed E-state index contributed by atoms with van der Waals surface area (Å²) in [4.78, 5) is 11.0. The highest BCUT2D eigenvalue weighted by atomic mass is 79.9. The molecule has 0 heterocycles. The maximum atomic E-state index is 11.0. The molecule has 0 radical (unpaired) electrons. The topological polar surface area (TPSA) is 57.5 Å². The quantitative estimate of drug-likeness (QED) is 0.790. The average Bonchev–Trinajstić information content (AvgIpc) is 2.28. The number of alkyl halides is 1. The van der Waals surface area contributed by atoms with E-state index in [1.807, 2.05) is 6.07 Å². The smallest absolute Gasteiger partial charge is 0.134 e. The second-order valence-corrected chi connectivity index (χ2v) is 4.91. The third-order valence-electron chi connectivity index (χ3n) is 2.51. The van der Waals surface area contributed by atoms with E-state index in [2.05, 4.69) is 15.9 Å². The lowest BCUT2D eigenvalue weighted by Crippen LogP contribution is -2.18. The Morgan fingerprint density at radius 2 is 2.12 bits per heavy atom. The van der Waals surface area contributed by atoms with Gasteiger partial charge in [0.15, 0.2) is 0 Å². The van der Waals surface area contributed by atoms with Crippen molar-refractivity contribution in [2.24, 2.45) is 0 Å². The van der Waals surface area contributed by atoms with E-state index in [-0.39, 0.29) is 5.78 Å². The van der Waals surface area contributed by atoms with Gasteiger partial charge >= 0.3 is 0 Å². The number of carbonyl (C=O) groups excluding carboxylic acids is 1. The molecule has 0 aliphatic carbocycles. The first kappa shape index (κ1) is 14.4. The predicted octanol–water partition coefficient (Wildman–Crippen LogP) is 2.00. The molecule has 3 nitrogen and oxygen atoms in total. The lowest BCUT2D eigenvalue weighted by Gasteiger charge is -2.17. The number of Topliss-reactive ketones (excluding diaryl/α,β-unsaturated/α-hetero) is 1. The molecule has 0 aromatic heterocycles. The minimum atomic E-state index is -0.903. The first-order chi connectivity index (χ1) is 8.04. The first-order valence-corrected chi connectivity index (χ1v) is 6.67. The van der Waals surface area contributed by atoms with E-state index in [1.54, 1.807) is 18.2 Å². The molecule has 2 atom stereocenters. The predicted molar refractivity (Wildman–Crippen MR) is 70.2 cm³/mol. The van der Waals surface area contributed by atoms with Crippen LogP contribution in [0.2, 0.25) is 0 Å². The van der Waals surface area contributed by atoms with Crippen LogP contribution < -0.4 is 0 Å². The van der Waals surface area contributed by atoms with Crippen LogP contribution >= 0.6 is 15.9 Å². The number of aliphatic hydroxyl groups excluding tert-OH is 2. The van der Waals surface area contributed by atoms with Crippen LogP contribution in [0.15, 0.2) is 24.3 Å². The number of hydrogen-bond donors (Lipinski definition) is 2. The van der Waals surface area contributed by atoms with Crippen molar-refractivity contribution in [3.8, 4) is 0 Å². The molecule has 2 N–H and O–H groups in total. The molecule has 0 saturated carbocycles. The van der Waals surface area contributed by atoms with Crippen molar-refractivity contribution in [2.45, 2.75) is 32.0 Å². The summed E-state index contributed by atoms with van der Waals surface area (Å²) >= 11 is 3.22. The molecule has 1 aromatic rings. The van der Waals surface area contributed by atoms with Crippen LogP contribution in [0, 0.1) is 0 Å². The van der Waals surface area contributed by atoms with Crippen molar-refractivity contribution in [3.63, 3.8) is 0 Å². The fourth-order valence-corrected chi connectivity index (χ4v) is 2.14. The van der Waals surface area contributed by atoms with Gasteiger partial charge in [-0.3, -0.25) is 4.79 Å². The Labute approximate surface area is 110 Å². The molecule has 0 saturated heterocycles. The van der Waals surface area contributed by atoms with Crippen LogP contribution in [0.1, 0.15) is 30.6 Å². The zero-order valence-corrected chi connectivity index (χ0v) is 11.4. The summed E-state index contributed by atoms with van der Waals surface area (Å²) in [6.45, 7) is 1.53. The molecule has 94 valence electrons. The highest BCUT2D eigenvalue weighted by molar-refractivity contribution is 9.09. The zero-order valence-electron chi connectivity index (χ0n) is 9.77. The number of halogens is 1. The van der Waals surface area contributed by atoms with Gasteiger partial charge in [0.1, 0.15) is 11.9 Å². The van der Waals surface area contributed by atoms with Gasteiger partial charge in [0.2, 0.25) is 0 Å². The molecular formula is C13H17BrO3. The number of rotatable bonds is 6. The third kappa shape index (κ3) is 4.58. The lowest BCUT2D eigenvalue weighted by atomic mass is 9.99. The van der Waals surface area contributed by atoms with E-state index in [9.17, 15) is 15.0 Å². The lowest BCUT2D eigenvalue weighted by molar-refractivity contribution is -0.116. The van der Waals surface area contributed by atoms with E-state index < -0.39 is 12.2 Å². The second kappa shape index (κ2) is 6.89. The van der Waals surface area contributed by atoms with Crippen molar-refractivity contribution in [2.75, 3.05) is 5.33 Å². The minimum absolute atomic E-state index is 0.0812. The Balaban J connectivity index is 2.79. The van der Waals surface area contributed by atoms with Crippen molar-refractivity contribution < 1.29 is 15.0 Å². The summed E-state index contributed by atoms with van der Waals surface area (Å²) in [5.41, 5.74) is 1.51. The van der Waals surface area contributed by atoms with Gasteiger partial charge in [0, 0.05) is 11.8 Å². The molecule has 0 aliphatic heterocycles. The molecule has 17 heavy (non-hydrogen) atoms. The van der Waals surface area contributed by atoms with Crippen molar-refractivity contribution in [1.82, 2.24) is 0 Å². The van der Waals surface area contributed by atoms with Crippen molar-refractivity contribution in [3.05, 3.63) is 35.4 Å². The first-order valence-electron chi connectivity index (χ1n) is 5.55. The van der Waals surface area contributed by atoms with Gasteiger partial charge in [0.05, 0.1) is 6.10 Å². The van der Waals surface area contributed by atoms with Gasteiger partial charge in [0.25, 0.3) is 0 Å². The van der Waals surface area contributed by atoms with Crippen LogP contribution in [-0.2, 0) is 11.2 Å². The largest absolute Gasteiger partial charge is 0.390 e. The van der Waals surface area contributed by atoms with Crippen LogP contribution in [0.5, 0.6) is 0 Å². The van der Waals surface area contributed by atoms with E-state index in [0.717, 1.165) is 5.56 Å². The molecular weight excluding hydrogens is 284 g/mol. The standard InChI is InChI=1S/C13H17BrO3/c1-9(15)7-10-3-2-4-11(8-10)13(17)12(16)5-6-14/h2-4,8,12-13,16-17H,5-7H2,1H3. The van der Waals surface area contributed by atoms with E-state index >= 15 is 0 Å². The molecule has 0 spiro atoms. The Bertz CT molecular complexity index is 379. The second-order valence-electron chi connectivity index (χ2n) is 4.11. The molecule has 4 heteroatoms. The highest BCUT2D eigenvalue weighted by Gasteiger charge is 2.17. The Hall–Kier alpha value is -0.710. The molecule has 0 aliphatic rings. The van der Waals surface area contributed by atoms with Crippen LogP contribution in [-0.4, -0.2) is 27.4 Å². The van der Waals surface area contributed by atoms with Crippen molar-refractivity contribution in [1.29, 1.82) is 0 Å². The molecule has 1 rings (SSSR count). The maximum absolute atomic E-state index is 11.0. The van der Waals surface area contributed by atoms with E-state index in [4.69, 9.17) is 0 Å². The van der Waals surface area contributed by atoms with Crippen LogP contribution in [0.3, 0.4) is 0 Å². The van der Waals surface area contributed by atoms with E-state index in [1.165, 1.54) is 6.92 Å². The third-order valence-corrected chi connectivity index (χ3v) is 2.97. The average molecular weight is 301 g/mol. The van der Waals surface area contributed by atoms with Gasteiger partial charge in [-0.1, -0.05) is 40.2 Å². The molecule has 2 unspecified atom stereocenters. The number of hydrogen-bond acceptors (Lipinski definition) is 3. The minimum Gasteiger partial charge on any atom is -0.390 e. The zero-order chi connectivity index (χ0) is 12.8. The molecule has 0 fully saturated rings. The number of benzene rings is 1. The fourth-order valence-electron chi connectivity index (χ4n) is 1.67. The van der Waals surface area contributed by atoms with Gasteiger partial charge in [-0.25, -0.2) is 0 Å². The molecule has 0 amide bonds. The Morgan fingerprint density at radius 3 is 2.71 bits per heavy atom. The summed E-state index contributed by atoms with van der Waals surface area (Å²) in [5, 5.41) is 20.3. The number of ketones is 1. The normalized spacial score (nSPS) is 14.4. The summed E-state index contributed by atoms with van der Waals surface area (Å²) in [5.74, 6) is 0.0812. The summed E-state index contributed by atoms with van der Waals surface area (Å²) in [6.07, 6.45) is -0.853. The van der Waals surface area contributed by atoms with Gasteiger partial charge in [-0.15, -0.1) is 0 Å². The van der Waals surface area contributed by atoms with Gasteiger partial charge in [-0.2, -0.15) is 0 Å². The number of carbonyl (C=O) groups is 1. The number of aliphatic hydroxyl groups is 2. The monoisotopic (exact) mass is 300 g/mol. The van der Waals surface area contributed by atoms with Crippen LogP contribution in [0.4, 0.5) is 0 Å². The Kier molecular flexibility index (Phi) is 5.82. The summed E-state index contributed by atoms with van der Waals surface area (Å²) in [7, 11) is 0.